The third-order valence-electron chi connectivity index (χ3n) is 5.20. The predicted octanol–water partition coefficient (Wildman–Crippen LogP) is 3.43. The lowest BCUT2D eigenvalue weighted by molar-refractivity contribution is -0.121. The predicted molar refractivity (Wildman–Crippen MR) is 114 cm³/mol. The number of hydrogen-bond donors (Lipinski definition) is 1. The molecule has 150 valence electrons. The molecule has 0 saturated carbocycles. The number of fused-ring (bicyclic) bond motifs is 1. The van der Waals surface area contributed by atoms with Gasteiger partial charge in [-0.25, -0.2) is 0 Å². The topological polar surface area (TPSA) is 54.0 Å². The zero-order chi connectivity index (χ0) is 19.5. The third-order valence-corrected chi connectivity index (χ3v) is 7.11. The van der Waals surface area contributed by atoms with Gasteiger partial charge in [-0.15, -0.1) is 11.3 Å². The molecule has 1 unspecified atom stereocenters. The summed E-state index contributed by atoms with van der Waals surface area (Å²) in [5, 5.41) is 5.12. The van der Waals surface area contributed by atoms with Gasteiger partial charge in [0.25, 0.3) is 0 Å². The summed E-state index contributed by atoms with van der Waals surface area (Å²) in [5.41, 5.74) is 0.738. The van der Waals surface area contributed by atoms with Gasteiger partial charge in [0.1, 0.15) is 13.2 Å². The second-order valence-electron chi connectivity index (χ2n) is 7.03. The molecule has 28 heavy (non-hydrogen) atoms. The Hall–Kier alpha value is -1.61. The van der Waals surface area contributed by atoms with E-state index in [1.54, 1.807) is 11.3 Å². The van der Waals surface area contributed by atoms with Crippen LogP contribution in [0.3, 0.4) is 0 Å². The SMILES string of the molecule is CC(C(=O)Nc1ccc2c(c1)OCCO2)N1CCN(Cc2sccc2Br)CC1. The zero-order valence-corrected chi connectivity index (χ0v) is 18.2. The van der Waals surface area contributed by atoms with Crippen molar-refractivity contribution in [3.05, 3.63) is 39.0 Å². The molecule has 1 amide bonds. The minimum atomic E-state index is -0.177. The maximum Gasteiger partial charge on any atom is 0.241 e. The van der Waals surface area contributed by atoms with Crippen LogP contribution in [0.15, 0.2) is 34.1 Å². The molecule has 0 spiro atoms. The fourth-order valence-corrected chi connectivity index (χ4v) is 5.00. The molecule has 0 radical (unpaired) electrons. The largest absolute Gasteiger partial charge is 0.486 e. The second kappa shape index (κ2) is 8.82. The Morgan fingerprint density at radius 2 is 1.93 bits per heavy atom. The average molecular weight is 466 g/mol. The van der Waals surface area contributed by atoms with Crippen molar-refractivity contribution in [1.29, 1.82) is 0 Å². The molecule has 6 nitrogen and oxygen atoms in total. The lowest BCUT2D eigenvalue weighted by Crippen LogP contribution is -2.52. The van der Waals surface area contributed by atoms with Gasteiger partial charge >= 0.3 is 0 Å². The Morgan fingerprint density at radius 1 is 1.18 bits per heavy atom. The van der Waals surface area contributed by atoms with Crippen molar-refractivity contribution in [1.82, 2.24) is 9.80 Å². The van der Waals surface area contributed by atoms with Crippen molar-refractivity contribution in [2.24, 2.45) is 0 Å². The second-order valence-corrected chi connectivity index (χ2v) is 8.88. The smallest absolute Gasteiger partial charge is 0.241 e. The van der Waals surface area contributed by atoms with Gasteiger partial charge < -0.3 is 14.8 Å². The highest BCUT2D eigenvalue weighted by Gasteiger charge is 2.26. The Kier molecular flexibility index (Phi) is 6.20. The normalized spacial score (nSPS) is 18.6. The molecular formula is C20H24BrN3O3S. The van der Waals surface area contributed by atoms with Crippen LogP contribution in [0.25, 0.3) is 0 Å². The summed E-state index contributed by atoms with van der Waals surface area (Å²) in [6.07, 6.45) is 0. The first-order valence-electron chi connectivity index (χ1n) is 9.49. The number of amides is 1. The number of carbonyl (C=O) groups excluding carboxylic acids is 1. The number of carbonyl (C=O) groups is 1. The number of piperazine rings is 1. The summed E-state index contributed by atoms with van der Waals surface area (Å²) >= 11 is 5.39. The molecule has 1 saturated heterocycles. The van der Waals surface area contributed by atoms with Crippen molar-refractivity contribution in [2.75, 3.05) is 44.7 Å². The maximum atomic E-state index is 12.7. The van der Waals surface area contributed by atoms with Crippen molar-refractivity contribution in [3.8, 4) is 11.5 Å². The minimum absolute atomic E-state index is 0.00568. The Morgan fingerprint density at radius 3 is 2.64 bits per heavy atom. The molecule has 2 aliphatic heterocycles. The van der Waals surface area contributed by atoms with E-state index in [4.69, 9.17) is 9.47 Å². The molecule has 0 bridgehead atoms. The highest BCUT2D eigenvalue weighted by Crippen LogP contribution is 2.32. The van der Waals surface area contributed by atoms with Crippen LogP contribution < -0.4 is 14.8 Å². The van der Waals surface area contributed by atoms with Gasteiger partial charge in [0, 0.05) is 53.8 Å². The van der Waals surface area contributed by atoms with E-state index in [1.165, 1.54) is 9.35 Å². The van der Waals surface area contributed by atoms with Gasteiger partial charge in [0.15, 0.2) is 11.5 Å². The van der Waals surface area contributed by atoms with Crippen LogP contribution in [0.5, 0.6) is 11.5 Å². The van der Waals surface area contributed by atoms with E-state index in [0.717, 1.165) is 44.2 Å². The van der Waals surface area contributed by atoms with Crippen LogP contribution in [0.4, 0.5) is 5.69 Å². The molecule has 2 aromatic rings. The molecule has 0 aliphatic carbocycles. The number of ether oxygens (including phenoxy) is 2. The number of thiophene rings is 1. The van der Waals surface area contributed by atoms with Crippen LogP contribution in [-0.2, 0) is 11.3 Å². The lowest BCUT2D eigenvalue weighted by Gasteiger charge is -2.37. The summed E-state index contributed by atoms with van der Waals surface area (Å²) in [6.45, 7) is 7.73. The first kappa shape index (κ1) is 19.7. The van der Waals surface area contributed by atoms with Crippen molar-refractivity contribution in [2.45, 2.75) is 19.5 Å². The van der Waals surface area contributed by atoms with Crippen LogP contribution in [0.2, 0.25) is 0 Å². The number of hydrogen-bond acceptors (Lipinski definition) is 6. The molecule has 1 aromatic heterocycles. The van der Waals surface area contributed by atoms with Crippen LogP contribution in [-0.4, -0.2) is 61.1 Å². The van der Waals surface area contributed by atoms with Gasteiger partial charge in [0.05, 0.1) is 6.04 Å². The Bertz CT molecular complexity index is 836. The maximum absolute atomic E-state index is 12.7. The molecular weight excluding hydrogens is 442 g/mol. The fourth-order valence-electron chi connectivity index (χ4n) is 3.48. The van der Waals surface area contributed by atoms with E-state index >= 15 is 0 Å². The molecule has 8 heteroatoms. The van der Waals surface area contributed by atoms with Gasteiger partial charge in [-0.1, -0.05) is 0 Å². The average Bonchev–Trinajstić information content (AvgIpc) is 3.12. The summed E-state index contributed by atoms with van der Waals surface area (Å²) in [6, 6.07) is 7.45. The van der Waals surface area contributed by atoms with Crippen molar-refractivity contribution in [3.63, 3.8) is 0 Å². The van der Waals surface area contributed by atoms with E-state index in [0.29, 0.717) is 19.0 Å². The van der Waals surface area contributed by atoms with Gasteiger partial charge in [-0.05, 0) is 46.4 Å². The first-order chi connectivity index (χ1) is 13.6. The highest BCUT2D eigenvalue weighted by molar-refractivity contribution is 9.10. The van der Waals surface area contributed by atoms with E-state index in [2.05, 4.69) is 42.5 Å². The highest BCUT2D eigenvalue weighted by atomic mass is 79.9. The van der Waals surface area contributed by atoms with E-state index in [-0.39, 0.29) is 11.9 Å². The number of halogens is 1. The van der Waals surface area contributed by atoms with Crippen molar-refractivity contribution < 1.29 is 14.3 Å². The van der Waals surface area contributed by atoms with Crippen LogP contribution in [0.1, 0.15) is 11.8 Å². The molecule has 1 aromatic carbocycles. The summed E-state index contributed by atoms with van der Waals surface area (Å²) in [7, 11) is 0. The minimum Gasteiger partial charge on any atom is -0.486 e. The molecule has 4 rings (SSSR count). The Balaban J connectivity index is 1.29. The number of benzene rings is 1. The van der Waals surface area contributed by atoms with Gasteiger partial charge in [0.2, 0.25) is 5.91 Å². The first-order valence-corrected chi connectivity index (χ1v) is 11.2. The Labute approximate surface area is 177 Å². The van der Waals surface area contributed by atoms with Gasteiger partial charge in [-0.2, -0.15) is 0 Å². The summed E-state index contributed by atoms with van der Waals surface area (Å²) in [4.78, 5) is 18.8. The summed E-state index contributed by atoms with van der Waals surface area (Å²) < 4.78 is 12.3. The summed E-state index contributed by atoms with van der Waals surface area (Å²) in [5.74, 6) is 1.42. The molecule has 3 heterocycles. The number of rotatable bonds is 5. The van der Waals surface area contributed by atoms with E-state index in [1.807, 2.05) is 25.1 Å². The zero-order valence-electron chi connectivity index (χ0n) is 15.8. The standard InChI is InChI=1S/C20H24BrN3O3S/c1-14(20(25)22-15-2-3-17-18(12-15)27-10-9-26-17)24-7-5-23(6-8-24)13-19-16(21)4-11-28-19/h2-4,11-12,14H,5-10,13H2,1H3,(H,22,25). The number of nitrogens with zero attached hydrogens (tertiary/aromatic N) is 2. The molecule has 2 aliphatic rings. The lowest BCUT2D eigenvalue weighted by atomic mass is 10.2. The van der Waals surface area contributed by atoms with E-state index in [9.17, 15) is 4.79 Å². The van der Waals surface area contributed by atoms with Crippen molar-refractivity contribution >= 4 is 38.9 Å². The van der Waals surface area contributed by atoms with Crippen LogP contribution in [0, 0.1) is 0 Å². The molecule has 1 fully saturated rings. The van der Waals surface area contributed by atoms with E-state index < -0.39 is 0 Å². The quantitative estimate of drug-likeness (QED) is 0.732. The third kappa shape index (κ3) is 4.51. The number of anilines is 1. The fraction of sp³-hybridized carbons (Fsp3) is 0.450. The number of nitrogens with one attached hydrogen (secondary N) is 1. The van der Waals surface area contributed by atoms with Gasteiger partial charge in [-0.3, -0.25) is 14.6 Å². The van der Waals surface area contributed by atoms with Crippen LogP contribution >= 0.6 is 27.3 Å². The molecule has 1 atom stereocenters. The molecule has 1 N–H and O–H groups in total. The monoisotopic (exact) mass is 465 g/mol.